The number of rotatable bonds is 6. The summed E-state index contributed by atoms with van der Waals surface area (Å²) in [5, 5.41) is 0. The summed E-state index contributed by atoms with van der Waals surface area (Å²) in [6.45, 7) is 5.56. The molecule has 0 spiro atoms. The zero-order valence-corrected chi connectivity index (χ0v) is 16.1. The highest BCUT2D eigenvalue weighted by atomic mass is 19.1. The number of halogens is 1. The van der Waals surface area contributed by atoms with E-state index in [4.69, 9.17) is 0 Å². The third kappa shape index (κ3) is 5.57. The summed E-state index contributed by atoms with van der Waals surface area (Å²) in [5.74, 6) is 0.983. The smallest absolute Gasteiger partial charge is 0.256 e. The second-order valence-corrected chi connectivity index (χ2v) is 7.37. The van der Waals surface area contributed by atoms with Gasteiger partial charge in [0.1, 0.15) is 11.6 Å². The van der Waals surface area contributed by atoms with Crippen molar-refractivity contribution in [2.45, 2.75) is 26.2 Å². The molecule has 0 bridgehead atoms. The molecule has 0 saturated carbocycles. The van der Waals surface area contributed by atoms with E-state index in [1.54, 1.807) is 36.4 Å². The molecule has 6 heteroatoms. The molecule has 2 heterocycles. The Hall–Kier alpha value is -2.34. The molecule has 5 nitrogen and oxygen atoms in total. The number of carbonyl (C=O) groups is 1. The van der Waals surface area contributed by atoms with E-state index in [1.807, 2.05) is 13.1 Å². The van der Waals surface area contributed by atoms with E-state index in [-0.39, 0.29) is 11.7 Å². The van der Waals surface area contributed by atoms with E-state index < -0.39 is 0 Å². The second kappa shape index (κ2) is 9.04. The molecule has 0 atom stereocenters. The lowest BCUT2D eigenvalue weighted by Crippen LogP contribution is -2.40. The average Bonchev–Trinajstić information content (AvgIpc) is 2.67. The third-order valence-electron chi connectivity index (χ3n) is 5.22. The van der Waals surface area contributed by atoms with Crippen LogP contribution in [0.25, 0.3) is 0 Å². The van der Waals surface area contributed by atoms with Gasteiger partial charge in [-0.05, 0) is 62.9 Å². The fraction of sp³-hybridized carbons (Fsp3) is 0.476. The summed E-state index contributed by atoms with van der Waals surface area (Å²) in [6.07, 6.45) is 6.21. The molecule has 0 radical (unpaired) electrons. The van der Waals surface area contributed by atoms with Gasteiger partial charge in [-0.25, -0.2) is 14.4 Å². The number of carbonyl (C=O) groups excluding carboxylic acids is 1. The molecule has 1 aromatic carbocycles. The fourth-order valence-corrected chi connectivity index (χ4v) is 3.57. The largest absolute Gasteiger partial charge is 0.341 e. The van der Waals surface area contributed by atoms with Gasteiger partial charge < -0.3 is 9.80 Å². The van der Waals surface area contributed by atoms with Crippen LogP contribution in [0.15, 0.2) is 36.7 Å². The number of aromatic nitrogens is 2. The Kier molecular flexibility index (Phi) is 6.50. The first kappa shape index (κ1) is 19.4. The number of likely N-dealkylation sites (tertiary alicyclic amines) is 1. The Balaban J connectivity index is 1.42. The molecule has 0 aliphatic carbocycles. The van der Waals surface area contributed by atoms with Gasteiger partial charge in [-0.3, -0.25) is 4.79 Å². The first-order valence-electron chi connectivity index (χ1n) is 9.52. The van der Waals surface area contributed by atoms with Gasteiger partial charge in [-0.15, -0.1) is 0 Å². The average molecular weight is 370 g/mol. The van der Waals surface area contributed by atoms with Gasteiger partial charge in [0.25, 0.3) is 5.91 Å². The summed E-state index contributed by atoms with van der Waals surface area (Å²) in [5.41, 5.74) is 1.58. The molecular formula is C21H27FN4O. The van der Waals surface area contributed by atoms with Crippen molar-refractivity contribution in [2.75, 3.05) is 33.2 Å². The fourth-order valence-electron chi connectivity index (χ4n) is 3.57. The number of nitrogens with zero attached hydrogens (tertiary/aromatic N) is 4. The minimum Gasteiger partial charge on any atom is -0.341 e. The van der Waals surface area contributed by atoms with Crippen LogP contribution in [0.3, 0.4) is 0 Å². The number of hydrogen-bond donors (Lipinski definition) is 0. The third-order valence-corrected chi connectivity index (χ3v) is 5.22. The predicted octanol–water partition coefficient (Wildman–Crippen LogP) is 2.95. The Morgan fingerprint density at radius 2 is 1.96 bits per heavy atom. The van der Waals surface area contributed by atoms with Gasteiger partial charge in [0.2, 0.25) is 0 Å². The van der Waals surface area contributed by atoms with Crippen LogP contribution in [-0.4, -0.2) is 58.9 Å². The lowest BCUT2D eigenvalue weighted by atomic mass is 9.95. The first-order chi connectivity index (χ1) is 13.0. The number of amides is 1. The number of benzene rings is 1. The van der Waals surface area contributed by atoms with Crippen LogP contribution >= 0.6 is 0 Å². The van der Waals surface area contributed by atoms with Crippen molar-refractivity contribution >= 4 is 5.91 Å². The summed E-state index contributed by atoms with van der Waals surface area (Å²) in [4.78, 5) is 24.9. The number of aryl methyl sites for hydroxylation is 1. The van der Waals surface area contributed by atoms with Crippen LogP contribution in [-0.2, 0) is 6.42 Å². The summed E-state index contributed by atoms with van der Waals surface area (Å²) < 4.78 is 13.3. The van der Waals surface area contributed by atoms with Gasteiger partial charge in [0.15, 0.2) is 0 Å². The van der Waals surface area contributed by atoms with Gasteiger partial charge in [-0.2, -0.15) is 0 Å². The summed E-state index contributed by atoms with van der Waals surface area (Å²) in [6, 6.07) is 6.84. The van der Waals surface area contributed by atoms with Crippen LogP contribution in [0.5, 0.6) is 0 Å². The molecule has 0 unspecified atom stereocenters. The highest BCUT2D eigenvalue weighted by Gasteiger charge is 2.22. The number of hydrogen-bond acceptors (Lipinski definition) is 4. The molecule has 1 saturated heterocycles. The first-order valence-corrected chi connectivity index (χ1v) is 9.52. The van der Waals surface area contributed by atoms with Crippen molar-refractivity contribution in [1.29, 1.82) is 0 Å². The van der Waals surface area contributed by atoms with E-state index in [1.165, 1.54) is 6.07 Å². The summed E-state index contributed by atoms with van der Waals surface area (Å²) in [7, 11) is 1.85. The SMILES string of the molecule is Cc1ncc(C(=O)N(C)CC2CCN(CCc3cccc(F)c3)CC2)cn1. The summed E-state index contributed by atoms with van der Waals surface area (Å²) >= 11 is 0. The van der Waals surface area contributed by atoms with Crippen molar-refractivity contribution in [3.05, 3.63) is 59.4 Å². The molecule has 1 aliphatic heterocycles. The maximum absolute atomic E-state index is 13.3. The standard InChI is InChI=1S/C21H27FN4O/c1-16-23-13-19(14-24-16)21(27)25(2)15-18-7-10-26(11-8-18)9-6-17-4-3-5-20(22)12-17/h3-5,12-14,18H,6-11,15H2,1-2H3. The Morgan fingerprint density at radius 1 is 1.26 bits per heavy atom. The molecule has 1 aromatic heterocycles. The highest BCUT2D eigenvalue weighted by Crippen LogP contribution is 2.19. The molecule has 144 valence electrons. The topological polar surface area (TPSA) is 49.3 Å². The maximum Gasteiger partial charge on any atom is 0.256 e. The molecule has 1 amide bonds. The lowest BCUT2D eigenvalue weighted by molar-refractivity contribution is 0.0739. The van der Waals surface area contributed by atoms with Crippen LogP contribution < -0.4 is 0 Å². The van der Waals surface area contributed by atoms with Crippen molar-refractivity contribution < 1.29 is 9.18 Å². The van der Waals surface area contributed by atoms with Crippen LogP contribution in [0.2, 0.25) is 0 Å². The maximum atomic E-state index is 13.3. The Labute approximate surface area is 160 Å². The minimum absolute atomic E-state index is 0.0245. The monoisotopic (exact) mass is 370 g/mol. The Bertz CT molecular complexity index is 757. The van der Waals surface area contributed by atoms with Crippen molar-refractivity contribution in [3.8, 4) is 0 Å². The van der Waals surface area contributed by atoms with E-state index in [2.05, 4.69) is 14.9 Å². The minimum atomic E-state index is -0.169. The van der Waals surface area contributed by atoms with Crippen molar-refractivity contribution in [3.63, 3.8) is 0 Å². The lowest BCUT2D eigenvalue weighted by Gasteiger charge is -2.34. The normalized spacial score (nSPS) is 15.7. The molecule has 0 N–H and O–H groups in total. The van der Waals surface area contributed by atoms with Crippen LogP contribution in [0.1, 0.15) is 34.6 Å². The van der Waals surface area contributed by atoms with Crippen molar-refractivity contribution in [2.24, 2.45) is 5.92 Å². The molecule has 3 rings (SSSR count). The van der Waals surface area contributed by atoms with E-state index in [0.717, 1.165) is 51.0 Å². The number of piperidine rings is 1. The quantitative estimate of drug-likeness (QED) is 0.784. The van der Waals surface area contributed by atoms with Gasteiger partial charge in [0, 0.05) is 32.5 Å². The zero-order valence-electron chi connectivity index (χ0n) is 16.1. The molecule has 1 aliphatic rings. The molecular weight excluding hydrogens is 343 g/mol. The van der Waals surface area contributed by atoms with E-state index >= 15 is 0 Å². The zero-order chi connectivity index (χ0) is 19.2. The molecule has 1 fully saturated rings. The van der Waals surface area contributed by atoms with Gasteiger partial charge >= 0.3 is 0 Å². The van der Waals surface area contributed by atoms with Gasteiger partial charge in [-0.1, -0.05) is 12.1 Å². The second-order valence-electron chi connectivity index (χ2n) is 7.37. The molecule has 27 heavy (non-hydrogen) atoms. The highest BCUT2D eigenvalue weighted by molar-refractivity contribution is 5.93. The predicted molar refractivity (Wildman–Crippen MR) is 103 cm³/mol. The Morgan fingerprint density at radius 3 is 2.63 bits per heavy atom. The van der Waals surface area contributed by atoms with Crippen LogP contribution in [0.4, 0.5) is 4.39 Å². The molecule has 2 aromatic rings. The van der Waals surface area contributed by atoms with Gasteiger partial charge in [0.05, 0.1) is 5.56 Å². The van der Waals surface area contributed by atoms with E-state index in [0.29, 0.717) is 17.3 Å². The van der Waals surface area contributed by atoms with Crippen molar-refractivity contribution in [1.82, 2.24) is 19.8 Å². The van der Waals surface area contributed by atoms with E-state index in [9.17, 15) is 9.18 Å². The van der Waals surface area contributed by atoms with Crippen LogP contribution in [0, 0.1) is 18.7 Å².